The van der Waals surface area contributed by atoms with Crippen molar-refractivity contribution in [1.29, 1.82) is 5.41 Å². The van der Waals surface area contributed by atoms with Crippen LogP contribution in [0.15, 0.2) is 90.0 Å². The number of amidine groups is 1. The Hall–Kier alpha value is -3.91. The first-order valence-electron chi connectivity index (χ1n) is 10.3. The summed E-state index contributed by atoms with van der Waals surface area (Å²) in [5.74, 6) is -0.0171. The normalized spacial score (nSPS) is 13.9. The maximum absolute atomic E-state index is 13.1. The molecule has 0 aromatic heterocycles. The van der Waals surface area contributed by atoms with E-state index in [1.54, 1.807) is 52.4 Å². The van der Waals surface area contributed by atoms with Crippen molar-refractivity contribution in [1.82, 2.24) is 4.90 Å². The van der Waals surface area contributed by atoms with E-state index in [0.717, 1.165) is 11.1 Å². The second-order valence-corrected chi connectivity index (χ2v) is 9.82. The standard InChI is InChI=1S/C25H24N4O3S/c1-33(31,32)23-9-3-2-8-22(23)19-10-12-21(13-11-19)29-15-5-14-28(25(29)30)17-18-6-4-7-20(16-18)24(26)27/h2-14,16H,15,17H2,1H3,(H3,26,27). The number of anilines is 1. The fourth-order valence-corrected chi connectivity index (χ4v) is 4.71. The summed E-state index contributed by atoms with van der Waals surface area (Å²) in [6, 6.07) is 21.3. The number of amides is 2. The van der Waals surface area contributed by atoms with Gasteiger partial charge < -0.3 is 5.73 Å². The van der Waals surface area contributed by atoms with Crippen molar-refractivity contribution in [3.05, 3.63) is 96.2 Å². The zero-order valence-electron chi connectivity index (χ0n) is 18.1. The predicted octanol–water partition coefficient (Wildman–Crippen LogP) is 4.00. The minimum absolute atomic E-state index is 0.0171. The Bertz CT molecular complexity index is 1350. The van der Waals surface area contributed by atoms with E-state index < -0.39 is 9.84 Å². The van der Waals surface area contributed by atoms with Gasteiger partial charge in [0.05, 0.1) is 11.4 Å². The quantitative estimate of drug-likeness (QED) is 0.428. The molecule has 7 nitrogen and oxygen atoms in total. The molecule has 0 saturated heterocycles. The molecular weight excluding hydrogens is 436 g/mol. The van der Waals surface area contributed by atoms with E-state index in [2.05, 4.69) is 0 Å². The second kappa shape index (κ2) is 8.91. The first-order valence-corrected chi connectivity index (χ1v) is 12.2. The molecule has 0 atom stereocenters. The number of hydrogen-bond acceptors (Lipinski definition) is 4. The number of nitrogens with one attached hydrogen (secondary N) is 1. The van der Waals surface area contributed by atoms with Gasteiger partial charge in [0.25, 0.3) is 0 Å². The summed E-state index contributed by atoms with van der Waals surface area (Å²) in [5.41, 5.74) is 9.16. The zero-order valence-corrected chi connectivity index (χ0v) is 18.9. The van der Waals surface area contributed by atoms with Crippen molar-refractivity contribution in [3.8, 4) is 11.1 Å². The molecule has 3 aromatic carbocycles. The van der Waals surface area contributed by atoms with Gasteiger partial charge in [0, 0.05) is 35.8 Å². The van der Waals surface area contributed by atoms with Crippen LogP contribution in [-0.4, -0.2) is 38.0 Å². The molecule has 0 saturated carbocycles. The van der Waals surface area contributed by atoms with Crippen molar-refractivity contribution < 1.29 is 13.2 Å². The van der Waals surface area contributed by atoms with E-state index in [4.69, 9.17) is 11.1 Å². The minimum atomic E-state index is -3.37. The van der Waals surface area contributed by atoms with Crippen molar-refractivity contribution >= 4 is 27.4 Å². The van der Waals surface area contributed by atoms with Crippen LogP contribution in [0, 0.1) is 5.41 Å². The van der Waals surface area contributed by atoms with Crippen LogP contribution in [0.1, 0.15) is 11.1 Å². The Kier molecular flexibility index (Phi) is 6.02. The fraction of sp³-hybridized carbons (Fsp3) is 0.120. The third kappa shape index (κ3) is 4.80. The molecule has 0 aliphatic carbocycles. The summed E-state index contributed by atoms with van der Waals surface area (Å²) in [5, 5.41) is 7.60. The molecule has 3 N–H and O–H groups in total. The highest BCUT2D eigenvalue weighted by Gasteiger charge is 2.24. The molecule has 8 heteroatoms. The first kappa shape index (κ1) is 22.3. The Labute approximate surface area is 193 Å². The first-order chi connectivity index (χ1) is 15.7. The number of urea groups is 1. The zero-order chi connectivity index (χ0) is 23.6. The lowest BCUT2D eigenvalue weighted by atomic mass is 10.1. The van der Waals surface area contributed by atoms with Crippen LogP contribution in [0.2, 0.25) is 0 Å². The smallest absolute Gasteiger partial charge is 0.329 e. The third-order valence-corrected chi connectivity index (χ3v) is 6.57. The molecule has 0 bridgehead atoms. The van der Waals surface area contributed by atoms with Crippen molar-refractivity contribution in [2.45, 2.75) is 11.4 Å². The number of nitrogens with two attached hydrogens (primary N) is 1. The predicted molar refractivity (Wildman–Crippen MR) is 130 cm³/mol. The van der Waals surface area contributed by atoms with Gasteiger partial charge in [-0.2, -0.15) is 0 Å². The SMILES string of the molecule is CS(=O)(=O)c1ccccc1-c1ccc(N2CC=CN(Cc3cccc(C(=N)N)c3)C2=O)cc1. The topological polar surface area (TPSA) is 108 Å². The number of sulfone groups is 1. The van der Waals surface area contributed by atoms with Crippen LogP contribution in [0.25, 0.3) is 11.1 Å². The van der Waals surface area contributed by atoms with Crippen molar-refractivity contribution in [2.24, 2.45) is 5.73 Å². The number of nitrogens with zero attached hydrogens (tertiary/aromatic N) is 2. The van der Waals surface area contributed by atoms with E-state index in [1.807, 2.05) is 42.5 Å². The number of rotatable bonds is 6. The fourth-order valence-electron chi connectivity index (χ4n) is 3.80. The van der Waals surface area contributed by atoms with Crippen LogP contribution in [0.5, 0.6) is 0 Å². The molecule has 0 spiro atoms. The molecule has 1 aliphatic heterocycles. The average molecular weight is 461 g/mol. The molecule has 2 amide bonds. The van der Waals surface area contributed by atoms with Gasteiger partial charge in [0.2, 0.25) is 0 Å². The van der Waals surface area contributed by atoms with Crippen LogP contribution in [-0.2, 0) is 16.4 Å². The minimum Gasteiger partial charge on any atom is -0.384 e. The average Bonchev–Trinajstić information content (AvgIpc) is 2.80. The molecule has 33 heavy (non-hydrogen) atoms. The van der Waals surface area contributed by atoms with Gasteiger partial charge in [-0.05, 0) is 41.5 Å². The number of carbonyl (C=O) groups is 1. The summed E-state index contributed by atoms with van der Waals surface area (Å²) in [6.07, 6.45) is 4.86. The molecule has 0 unspecified atom stereocenters. The lowest BCUT2D eigenvalue weighted by Gasteiger charge is -2.31. The molecule has 1 heterocycles. The van der Waals surface area contributed by atoms with E-state index in [0.29, 0.717) is 29.9 Å². The lowest BCUT2D eigenvalue weighted by molar-refractivity contribution is 0.218. The number of hydrogen-bond donors (Lipinski definition) is 2. The maximum Gasteiger partial charge on any atom is 0.329 e. The summed E-state index contributed by atoms with van der Waals surface area (Å²) >= 11 is 0. The molecule has 3 aromatic rings. The van der Waals surface area contributed by atoms with Gasteiger partial charge in [-0.15, -0.1) is 0 Å². The third-order valence-electron chi connectivity index (χ3n) is 5.42. The highest BCUT2D eigenvalue weighted by atomic mass is 32.2. The number of carbonyl (C=O) groups excluding carboxylic acids is 1. The maximum atomic E-state index is 13.1. The van der Waals surface area contributed by atoms with Gasteiger partial charge in [0.1, 0.15) is 5.84 Å². The Balaban J connectivity index is 1.56. The molecular formula is C25H24N4O3S. The van der Waals surface area contributed by atoms with Gasteiger partial charge in [-0.1, -0.05) is 48.5 Å². The van der Waals surface area contributed by atoms with Crippen molar-refractivity contribution in [2.75, 3.05) is 17.7 Å². The van der Waals surface area contributed by atoms with Crippen LogP contribution < -0.4 is 10.6 Å². The van der Waals surface area contributed by atoms with Crippen LogP contribution in [0.3, 0.4) is 0 Å². The molecule has 1 aliphatic rings. The van der Waals surface area contributed by atoms with E-state index in [1.165, 1.54) is 6.26 Å². The van der Waals surface area contributed by atoms with E-state index in [9.17, 15) is 13.2 Å². The summed E-state index contributed by atoms with van der Waals surface area (Å²) in [6.45, 7) is 0.787. The van der Waals surface area contributed by atoms with Gasteiger partial charge in [-0.25, -0.2) is 13.2 Å². The summed E-state index contributed by atoms with van der Waals surface area (Å²) in [4.78, 5) is 16.7. The van der Waals surface area contributed by atoms with E-state index >= 15 is 0 Å². The largest absolute Gasteiger partial charge is 0.384 e. The molecule has 168 valence electrons. The number of nitrogen functional groups attached to an aromatic ring is 1. The van der Waals surface area contributed by atoms with Crippen LogP contribution in [0.4, 0.5) is 10.5 Å². The Morgan fingerprint density at radius 3 is 2.45 bits per heavy atom. The van der Waals surface area contributed by atoms with Crippen molar-refractivity contribution in [3.63, 3.8) is 0 Å². The highest BCUT2D eigenvalue weighted by molar-refractivity contribution is 7.90. The Morgan fingerprint density at radius 2 is 1.76 bits per heavy atom. The number of benzene rings is 3. The molecule has 0 radical (unpaired) electrons. The summed E-state index contributed by atoms with van der Waals surface area (Å²) in [7, 11) is -3.37. The Morgan fingerprint density at radius 1 is 1.03 bits per heavy atom. The highest BCUT2D eigenvalue weighted by Crippen LogP contribution is 2.30. The van der Waals surface area contributed by atoms with Crippen LogP contribution >= 0.6 is 0 Å². The van der Waals surface area contributed by atoms with Gasteiger partial charge in [0.15, 0.2) is 9.84 Å². The van der Waals surface area contributed by atoms with Gasteiger partial charge >= 0.3 is 6.03 Å². The molecule has 4 rings (SSSR count). The lowest BCUT2D eigenvalue weighted by Crippen LogP contribution is -2.43. The van der Waals surface area contributed by atoms with E-state index in [-0.39, 0.29) is 16.8 Å². The second-order valence-electron chi connectivity index (χ2n) is 7.84. The van der Waals surface area contributed by atoms with Gasteiger partial charge in [-0.3, -0.25) is 15.2 Å². The molecule has 0 fully saturated rings. The monoisotopic (exact) mass is 460 g/mol. The summed E-state index contributed by atoms with van der Waals surface area (Å²) < 4.78 is 24.3.